The van der Waals surface area contributed by atoms with Crippen LogP contribution in [0.1, 0.15) is 11.1 Å². The number of aromatic nitrogens is 1. The number of pyridine rings is 1. The Morgan fingerprint density at radius 1 is 1.17 bits per heavy atom. The van der Waals surface area contributed by atoms with Crippen molar-refractivity contribution in [2.75, 3.05) is 6.54 Å². The van der Waals surface area contributed by atoms with E-state index in [1.54, 1.807) is 0 Å². The van der Waals surface area contributed by atoms with Crippen molar-refractivity contribution in [2.24, 2.45) is 0 Å². The molecule has 0 aliphatic carbocycles. The molecule has 0 aliphatic heterocycles. The Hall–Kier alpha value is -0.900. The van der Waals surface area contributed by atoms with Crippen molar-refractivity contribution in [2.45, 2.75) is 13.0 Å². The first kappa shape index (κ1) is 13.5. The van der Waals surface area contributed by atoms with E-state index in [9.17, 15) is 0 Å². The standard InChI is InChI=1S/C14H14BrClN2/c15-13-1-2-14(16)12(9-13)10-18-8-5-11-3-6-17-7-4-11/h1-4,6-7,9,18H,5,8,10H2. The topological polar surface area (TPSA) is 24.9 Å². The molecule has 2 nitrogen and oxygen atoms in total. The van der Waals surface area contributed by atoms with Crippen molar-refractivity contribution in [3.05, 3.63) is 63.3 Å². The van der Waals surface area contributed by atoms with Gasteiger partial charge in [-0.1, -0.05) is 27.5 Å². The van der Waals surface area contributed by atoms with E-state index in [1.165, 1.54) is 5.56 Å². The molecular formula is C14H14BrClN2. The molecule has 0 atom stereocenters. The molecule has 0 saturated heterocycles. The molecular weight excluding hydrogens is 312 g/mol. The van der Waals surface area contributed by atoms with Gasteiger partial charge in [0.2, 0.25) is 0 Å². The molecule has 94 valence electrons. The van der Waals surface area contributed by atoms with Gasteiger partial charge in [0, 0.05) is 28.4 Å². The summed E-state index contributed by atoms with van der Waals surface area (Å²) < 4.78 is 1.05. The van der Waals surface area contributed by atoms with Crippen molar-refractivity contribution >= 4 is 27.5 Å². The minimum atomic E-state index is 0.781. The lowest BCUT2D eigenvalue weighted by Gasteiger charge is -2.07. The SMILES string of the molecule is Clc1ccc(Br)cc1CNCCc1ccncc1. The number of rotatable bonds is 5. The molecule has 1 aromatic heterocycles. The van der Waals surface area contributed by atoms with Crippen LogP contribution in [0.15, 0.2) is 47.2 Å². The molecule has 2 rings (SSSR count). The molecule has 4 heteroatoms. The third-order valence-electron chi connectivity index (χ3n) is 2.66. The molecule has 1 heterocycles. The Kier molecular flexibility index (Phi) is 5.17. The van der Waals surface area contributed by atoms with Crippen molar-refractivity contribution in [3.63, 3.8) is 0 Å². The summed E-state index contributed by atoms with van der Waals surface area (Å²) >= 11 is 9.57. The van der Waals surface area contributed by atoms with E-state index in [4.69, 9.17) is 11.6 Å². The minimum absolute atomic E-state index is 0.781. The third-order valence-corrected chi connectivity index (χ3v) is 3.53. The van der Waals surface area contributed by atoms with E-state index in [2.05, 4.69) is 26.2 Å². The van der Waals surface area contributed by atoms with E-state index in [0.717, 1.165) is 34.6 Å². The smallest absolute Gasteiger partial charge is 0.0451 e. The summed E-state index contributed by atoms with van der Waals surface area (Å²) in [6, 6.07) is 9.97. The fraction of sp³-hybridized carbons (Fsp3) is 0.214. The maximum Gasteiger partial charge on any atom is 0.0451 e. The number of nitrogens with one attached hydrogen (secondary N) is 1. The van der Waals surface area contributed by atoms with Gasteiger partial charge in [-0.2, -0.15) is 0 Å². The molecule has 0 saturated carbocycles. The Balaban J connectivity index is 1.80. The van der Waals surface area contributed by atoms with Crippen LogP contribution < -0.4 is 5.32 Å². The number of nitrogens with zero attached hydrogens (tertiary/aromatic N) is 1. The molecule has 0 amide bonds. The monoisotopic (exact) mass is 324 g/mol. The summed E-state index contributed by atoms with van der Waals surface area (Å²) in [5, 5.41) is 4.19. The lowest BCUT2D eigenvalue weighted by molar-refractivity contribution is 0.686. The van der Waals surface area contributed by atoms with Crippen molar-refractivity contribution < 1.29 is 0 Å². The van der Waals surface area contributed by atoms with Gasteiger partial charge in [0.05, 0.1) is 0 Å². The molecule has 0 unspecified atom stereocenters. The van der Waals surface area contributed by atoms with Crippen LogP contribution in [-0.2, 0) is 13.0 Å². The summed E-state index contributed by atoms with van der Waals surface area (Å²) in [6.07, 6.45) is 4.63. The average Bonchev–Trinajstić information content (AvgIpc) is 2.40. The van der Waals surface area contributed by atoms with Crippen molar-refractivity contribution in [1.29, 1.82) is 0 Å². The summed E-state index contributed by atoms with van der Waals surface area (Å²) in [6.45, 7) is 1.70. The number of hydrogen-bond acceptors (Lipinski definition) is 2. The zero-order valence-corrected chi connectivity index (χ0v) is 12.2. The highest BCUT2D eigenvalue weighted by atomic mass is 79.9. The van der Waals surface area contributed by atoms with Gasteiger partial charge in [-0.25, -0.2) is 0 Å². The van der Waals surface area contributed by atoms with Gasteiger partial charge in [0.25, 0.3) is 0 Å². The minimum Gasteiger partial charge on any atom is -0.312 e. The molecule has 0 bridgehead atoms. The lowest BCUT2D eigenvalue weighted by Crippen LogP contribution is -2.16. The lowest BCUT2D eigenvalue weighted by atomic mass is 10.2. The summed E-state index contributed by atoms with van der Waals surface area (Å²) in [5.74, 6) is 0. The average molecular weight is 326 g/mol. The van der Waals surface area contributed by atoms with Crippen molar-refractivity contribution in [1.82, 2.24) is 10.3 Å². The van der Waals surface area contributed by atoms with Gasteiger partial charge in [-0.3, -0.25) is 4.98 Å². The van der Waals surface area contributed by atoms with Crippen LogP contribution in [0, 0.1) is 0 Å². The van der Waals surface area contributed by atoms with Gasteiger partial charge in [-0.05, 0) is 54.4 Å². The van der Waals surface area contributed by atoms with Gasteiger partial charge in [-0.15, -0.1) is 0 Å². The second kappa shape index (κ2) is 6.88. The highest BCUT2D eigenvalue weighted by molar-refractivity contribution is 9.10. The molecule has 0 radical (unpaired) electrons. The Morgan fingerprint density at radius 3 is 2.72 bits per heavy atom. The molecule has 18 heavy (non-hydrogen) atoms. The molecule has 2 aromatic rings. The van der Waals surface area contributed by atoms with Crippen LogP contribution in [0.4, 0.5) is 0 Å². The van der Waals surface area contributed by atoms with Crippen molar-refractivity contribution in [3.8, 4) is 0 Å². The van der Waals surface area contributed by atoms with Gasteiger partial charge >= 0.3 is 0 Å². The predicted octanol–water partition coefficient (Wildman–Crippen LogP) is 3.83. The second-order valence-corrected chi connectivity index (χ2v) is 5.34. The van der Waals surface area contributed by atoms with Crippen LogP contribution in [0.2, 0.25) is 5.02 Å². The molecule has 0 spiro atoms. The van der Waals surface area contributed by atoms with Crippen LogP contribution in [0.5, 0.6) is 0 Å². The zero-order valence-electron chi connectivity index (χ0n) is 9.87. The van der Waals surface area contributed by atoms with E-state index in [-0.39, 0.29) is 0 Å². The Labute approximate surface area is 121 Å². The molecule has 1 aromatic carbocycles. The first-order valence-electron chi connectivity index (χ1n) is 5.79. The summed E-state index contributed by atoms with van der Waals surface area (Å²) in [4.78, 5) is 4.00. The predicted molar refractivity (Wildman–Crippen MR) is 78.8 cm³/mol. The maximum absolute atomic E-state index is 6.12. The highest BCUT2D eigenvalue weighted by Crippen LogP contribution is 2.20. The van der Waals surface area contributed by atoms with E-state index in [0.29, 0.717) is 0 Å². The number of hydrogen-bond donors (Lipinski definition) is 1. The quantitative estimate of drug-likeness (QED) is 0.845. The third kappa shape index (κ3) is 4.09. The van der Waals surface area contributed by atoms with Gasteiger partial charge < -0.3 is 5.32 Å². The normalized spacial score (nSPS) is 10.6. The van der Waals surface area contributed by atoms with E-state index in [1.807, 2.05) is 42.7 Å². The van der Waals surface area contributed by atoms with Gasteiger partial charge in [0.15, 0.2) is 0 Å². The first-order valence-corrected chi connectivity index (χ1v) is 6.96. The Morgan fingerprint density at radius 2 is 1.94 bits per heavy atom. The molecule has 0 fully saturated rings. The summed E-state index contributed by atoms with van der Waals surface area (Å²) in [7, 11) is 0. The molecule has 1 N–H and O–H groups in total. The van der Waals surface area contributed by atoms with E-state index < -0.39 is 0 Å². The fourth-order valence-corrected chi connectivity index (χ4v) is 2.28. The van der Waals surface area contributed by atoms with Crippen LogP contribution in [0.3, 0.4) is 0 Å². The number of halogens is 2. The first-order chi connectivity index (χ1) is 8.75. The zero-order chi connectivity index (χ0) is 12.8. The summed E-state index contributed by atoms with van der Waals surface area (Å²) in [5.41, 5.74) is 2.40. The molecule has 0 aliphatic rings. The van der Waals surface area contributed by atoms with E-state index >= 15 is 0 Å². The highest BCUT2D eigenvalue weighted by Gasteiger charge is 2.00. The van der Waals surface area contributed by atoms with Crippen LogP contribution in [0.25, 0.3) is 0 Å². The maximum atomic E-state index is 6.12. The van der Waals surface area contributed by atoms with Gasteiger partial charge in [0.1, 0.15) is 0 Å². The van der Waals surface area contributed by atoms with Crippen LogP contribution in [-0.4, -0.2) is 11.5 Å². The van der Waals surface area contributed by atoms with Crippen LogP contribution >= 0.6 is 27.5 Å². The Bertz CT molecular complexity index is 502. The fourth-order valence-electron chi connectivity index (χ4n) is 1.68. The second-order valence-electron chi connectivity index (χ2n) is 4.02. The largest absolute Gasteiger partial charge is 0.312 e. The number of benzene rings is 1.